The lowest BCUT2D eigenvalue weighted by Gasteiger charge is -2.16. The second-order valence-corrected chi connectivity index (χ2v) is 8.44. The number of aromatic nitrogens is 2. The fourth-order valence-electron chi connectivity index (χ4n) is 4.06. The maximum absolute atomic E-state index is 13.2. The largest absolute Gasteiger partial charge is 0.507 e. The molecule has 0 unspecified atom stereocenters. The number of benzene rings is 2. The number of phenols is 1. The third-order valence-electron chi connectivity index (χ3n) is 5.69. The molecule has 0 saturated heterocycles. The molecule has 164 valence electrons. The first-order chi connectivity index (χ1) is 15.0. The Bertz CT molecular complexity index is 1090. The topological polar surface area (TPSA) is 81.7 Å². The number of H-pyrrole nitrogens is 1. The minimum atomic E-state index is -0.173. The van der Waals surface area contributed by atoms with Gasteiger partial charge in [0.1, 0.15) is 11.5 Å². The number of hydrogen-bond acceptors (Lipinski definition) is 5. The summed E-state index contributed by atoms with van der Waals surface area (Å²) in [6.07, 6.45) is 2.79. The third kappa shape index (κ3) is 4.51. The molecule has 1 aliphatic rings. The first-order valence-corrected chi connectivity index (χ1v) is 10.8. The molecule has 7 nitrogen and oxygen atoms in total. The Kier molecular flexibility index (Phi) is 6.13. The predicted octanol–water partition coefficient (Wildman–Crippen LogP) is 3.71. The zero-order valence-corrected chi connectivity index (χ0v) is 18.4. The zero-order chi connectivity index (χ0) is 22.0. The maximum Gasteiger partial charge on any atom is 0.258 e. The summed E-state index contributed by atoms with van der Waals surface area (Å²) in [4.78, 5) is 17.1. The number of aryl methyl sites for hydroxylation is 1. The Labute approximate surface area is 182 Å². The Balaban J connectivity index is 1.48. The summed E-state index contributed by atoms with van der Waals surface area (Å²) >= 11 is 0. The molecule has 0 radical (unpaired) electrons. The first-order valence-electron chi connectivity index (χ1n) is 10.8. The van der Waals surface area contributed by atoms with Gasteiger partial charge in [0.2, 0.25) is 0 Å². The van der Waals surface area contributed by atoms with Gasteiger partial charge in [-0.2, -0.15) is 5.10 Å². The minimum Gasteiger partial charge on any atom is -0.507 e. The predicted molar refractivity (Wildman–Crippen MR) is 120 cm³/mol. The molecule has 31 heavy (non-hydrogen) atoms. The van der Waals surface area contributed by atoms with E-state index in [-0.39, 0.29) is 11.7 Å². The monoisotopic (exact) mass is 422 g/mol. The van der Waals surface area contributed by atoms with E-state index in [0.717, 1.165) is 53.8 Å². The summed E-state index contributed by atoms with van der Waals surface area (Å²) in [5, 5.41) is 18.6. The van der Waals surface area contributed by atoms with E-state index in [1.807, 2.05) is 32.3 Å². The Hall–Kier alpha value is -3.06. The number of fused-ring (bicyclic) bond motifs is 2. The Morgan fingerprint density at radius 1 is 1.23 bits per heavy atom. The number of phenolic OH excluding ortho intramolecular Hbond substituents is 1. The van der Waals surface area contributed by atoms with Crippen LogP contribution in [0.25, 0.3) is 10.9 Å². The van der Waals surface area contributed by atoms with Gasteiger partial charge in [-0.3, -0.25) is 9.89 Å². The summed E-state index contributed by atoms with van der Waals surface area (Å²) in [6, 6.07) is 9.36. The summed E-state index contributed by atoms with van der Waals surface area (Å²) in [7, 11) is 4.10. The fourth-order valence-corrected chi connectivity index (χ4v) is 4.06. The molecule has 0 aliphatic carbocycles. The van der Waals surface area contributed by atoms with Crippen LogP contribution in [-0.2, 0) is 19.5 Å². The van der Waals surface area contributed by atoms with Crippen molar-refractivity contribution < 1.29 is 14.6 Å². The van der Waals surface area contributed by atoms with Crippen LogP contribution in [0.15, 0.2) is 30.3 Å². The molecular weight excluding hydrogens is 392 g/mol. The number of aromatic amines is 1. The molecular formula is C24H30N4O3. The van der Waals surface area contributed by atoms with Crippen molar-refractivity contribution in [2.45, 2.75) is 39.3 Å². The number of carbonyl (C=O) groups is 1. The van der Waals surface area contributed by atoms with Crippen LogP contribution in [-0.4, -0.2) is 58.3 Å². The first kappa shape index (κ1) is 21.2. The van der Waals surface area contributed by atoms with Gasteiger partial charge >= 0.3 is 0 Å². The molecule has 1 aromatic heterocycles. The van der Waals surface area contributed by atoms with Gasteiger partial charge in [-0.25, -0.2) is 0 Å². The van der Waals surface area contributed by atoms with E-state index < -0.39 is 0 Å². The Morgan fingerprint density at radius 3 is 2.81 bits per heavy atom. The molecule has 2 heterocycles. The van der Waals surface area contributed by atoms with Crippen LogP contribution in [0.5, 0.6) is 11.5 Å². The molecule has 0 saturated carbocycles. The van der Waals surface area contributed by atoms with Crippen LogP contribution < -0.4 is 4.74 Å². The molecule has 1 aliphatic heterocycles. The number of nitrogens with one attached hydrogen (secondary N) is 1. The van der Waals surface area contributed by atoms with Crippen molar-refractivity contribution in [1.29, 1.82) is 0 Å². The van der Waals surface area contributed by atoms with Crippen molar-refractivity contribution in [3.63, 3.8) is 0 Å². The highest BCUT2D eigenvalue weighted by molar-refractivity contribution is 6.01. The van der Waals surface area contributed by atoms with Gasteiger partial charge in [0, 0.05) is 36.8 Å². The molecule has 2 N–H and O–H groups in total. The van der Waals surface area contributed by atoms with Crippen LogP contribution in [0.4, 0.5) is 0 Å². The number of rotatable bonds is 8. The smallest absolute Gasteiger partial charge is 0.258 e. The van der Waals surface area contributed by atoms with E-state index in [9.17, 15) is 9.90 Å². The van der Waals surface area contributed by atoms with Crippen molar-refractivity contribution in [2.24, 2.45) is 0 Å². The molecule has 0 atom stereocenters. The zero-order valence-electron chi connectivity index (χ0n) is 18.4. The molecule has 0 spiro atoms. The van der Waals surface area contributed by atoms with Crippen molar-refractivity contribution in [3.05, 3.63) is 52.7 Å². The second-order valence-electron chi connectivity index (χ2n) is 8.44. The highest BCUT2D eigenvalue weighted by atomic mass is 16.5. The van der Waals surface area contributed by atoms with Crippen LogP contribution in [0.2, 0.25) is 0 Å². The number of hydrogen-bond donors (Lipinski definition) is 2. The van der Waals surface area contributed by atoms with Gasteiger partial charge in [-0.1, -0.05) is 19.4 Å². The number of amides is 1. The van der Waals surface area contributed by atoms with Crippen molar-refractivity contribution in [2.75, 3.05) is 27.2 Å². The van der Waals surface area contributed by atoms with Crippen LogP contribution in [0.1, 0.15) is 46.9 Å². The van der Waals surface area contributed by atoms with E-state index in [0.29, 0.717) is 30.8 Å². The molecule has 2 aromatic carbocycles. The number of carbonyl (C=O) groups excluding carboxylic acids is 1. The standard InChI is InChI=1S/C24H30N4O3/c1-4-6-21-19-12-20(23(29)13-22(19)26-25-21)24(30)28-14-16-7-8-18(11-17(16)15-28)31-10-5-9-27(2)3/h7-8,11-13,29H,4-6,9-10,14-15H2,1-3H3,(H,25,26). The molecule has 7 heteroatoms. The average Bonchev–Trinajstić information content (AvgIpc) is 3.34. The van der Waals surface area contributed by atoms with Gasteiger partial charge in [0.25, 0.3) is 5.91 Å². The third-order valence-corrected chi connectivity index (χ3v) is 5.69. The fraction of sp³-hybridized carbons (Fsp3) is 0.417. The van der Waals surface area contributed by atoms with E-state index in [1.54, 1.807) is 17.0 Å². The SMILES string of the molecule is CCCc1[nH]nc2cc(O)c(C(=O)N3Cc4ccc(OCCCN(C)C)cc4C3)cc12. The van der Waals surface area contributed by atoms with Crippen LogP contribution in [0.3, 0.4) is 0 Å². The second kappa shape index (κ2) is 8.98. The quantitative estimate of drug-likeness (QED) is 0.541. The van der Waals surface area contributed by atoms with Gasteiger partial charge in [-0.05, 0) is 56.3 Å². The van der Waals surface area contributed by atoms with Gasteiger partial charge in [0.15, 0.2) is 0 Å². The highest BCUT2D eigenvalue weighted by Crippen LogP contribution is 2.32. The normalized spacial score (nSPS) is 13.2. The number of aromatic hydroxyl groups is 1. The lowest BCUT2D eigenvalue weighted by molar-refractivity contribution is 0.0748. The summed E-state index contributed by atoms with van der Waals surface area (Å²) in [5.41, 5.74) is 4.20. The van der Waals surface area contributed by atoms with Crippen molar-refractivity contribution in [1.82, 2.24) is 20.0 Å². The van der Waals surface area contributed by atoms with E-state index in [4.69, 9.17) is 4.74 Å². The average molecular weight is 423 g/mol. The summed E-state index contributed by atoms with van der Waals surface area (Å²) in [6.45, 7) is 4.78. The van der Waals surface area contributed by atoms with E-state index in [1.165, 1.54) is 0 Å². The molecule has 4 rings (SSSR count). The number of nitrogens with zero attached hydrogens (tertiary/aromatic N) is 3. The molecule has 0 fully saturated rings. The summed E-state index contributed by atoms with van der Waals surface area (Å²) in [5.74, 6) is 0.624. The Morgan fingerprint density at radius 2 is 2.03 bits per heavy atom. The van der Waals surface area contributed by atoms with E-state index >= 15 is 0 Å². The van der Waals surface area contributed by atoms with Gasteiger partial charge in [-0.15, -0.1) is 0 Å². The maximum atomic E-state index is 13.2. The van der Waals surface area contributed by atoms with Crippen molar-refractivity contribution >= 4 is 16.8 Å². The lowest BCUT2D eigenvalue weighted by atomic mass is 10.1. The van der Waals surface area contributed by atoms with Crippen molar-refractivity contribution in [3.8, 4) is 11.5 Å². The van der Waals surface area contributed by atoms with Gasteiger partial charge in [0.05, 0.1) is 17.7 Å². The van der Waals surface area contributed by atoms with E-state index in [2.05, 4.69) is 22.0 Å². The lowest BCUT2D eigenvalue weighted by Crippen LogP contribution is -2.25. The van der Waals surface area contributed by atoms with Gasteiger partial charge < -0.3 is 19.6 Å². The molecule has 0 bridgehead atoms. The molecule has 3 aromatic rings. The van der Waals surface area contributed by atoms with Crippen LogP contribution in [0, 0.1) is 0 Å². The molecule has 1 amide bonds. The minimum absolute atomic E-state index is 0.0343. The highest BCUT2D eigenvalue weighted by Gasteiger charge is 2.27. The van der Waals surface area contributed by atoms with Crippen LogP contribution >= 0.6 is 0 Å². The summed E-state index contributed by atoms with van der Waals surface area (Å²) < 4.78 is 5.88. The number of ether oxygens (including phenoxy) is 1.